The lowest BCUT2D eigenvalue weighted by Gasteiger charge is -2.20. The number of rotatable bonds is 9. The molecule has 3 heterocycles. The molecule has 1 saturated heterocycles. The zero-order valence-corrected chi connectivity index (χ0v) is 18.6. The van der Waals surface area contributed by atoms with Gasteiger partial charge in [-0.3, -0.25) is 9.13 Å². The fourth-order valence-corrected chi connectivity index (χ4v) is 3.87. The number of nitrogens with zero attached hydrogens (tertiary/aromatic N) is 4. The Balaban J connectivity index is 1.81. The molecular formula is C16H22ClN4O10P. The number of ether oxygens (including phenoxy) is 4. The molecule has 2 aromatic heterocycles. The van der Waals surface area contributed by atoms with Crippen LogP contribution in [0.4, 0.5) is 0 Å². The van der Waals surface area contributed by atoms with Gasteiger partial charge in [-0.25, -0.2) is 9.78 Å². The van der Waals surface area contributed by atoms with Gasteiger partial charge in [0.2, 0.25) is 11.2 Å². The normalized spacial score (nSPS) is 24.6. The molecule has 0 amide bonds. The highest BCUT2D eigenvalue weighted by molar-refractivity contribution is 7.53. The lowest BCUT2D eigenvalue weighted by Crippen LogP contribution is -2.36. The van der Waals surface area contributed by atoms with Crippen LogP contribution in [-0.4, -0.2) is 89.5 Å². The van der Waals surface area contributed by atoms with Gasteiger partial charge in [-0.15, -0.1) is 0 Å². The van der Waals surface area contributed by atoms with E-state index in [0.717, 1.165) is 0 Å². The van der Waals surface area contributed by atoms with Crippen molar-refractivity contribution in [3.05, 3.63) is 11.6 Å². The number of carbonyl (C=O) groups excluding carboxylic acids is 1. The van der Waals surface area contributed by atoms with Crippen molar-refractivity contribution in [3.63, 3.8) is 0 Å². The second-order valence-electron chi connectivity index (χ2n) is 6.63. The minimum Gasteiger partial charge on any atom is -0.476 e. The van der Waals surface area contributed by atoms with Gasteiger partial charge in [-0.05, 0) is 25.4 Å². The summed E-state index contributed by atoms with van der Waals surface area (Å²) in [5, 5.41) is 20.7. The lowest BCUT2D eigenvalue weighted by molar-refractivity contribution is -0.155. The predicted molar refractivity (Wildman–Crippen MR) is 106 cm³/mol. The molecule has 5 atom stereocenters. The van der Waals surface area contributed by atoms with Crippen LogP contribution in [0.3, 0.4) is 0 Å². The largest absolute Gasteiger partial charge is 0.476 e. The Bertz CT molecular complexity index is 1020. The number of hydrogen-bond donors (Lipinski definition) is 4. The van der Waals surface area contributed by atoms with Crippen molar-refractivity contribution in [2.24, 2.45) is 0 Å². The molecule has 32 heavy (non-hydrogen) atoms. The highest BCUT2D eigenvalue weighted by Gasteiger charge is 2.46. The first-order valence-electron chi connectivity index (χ1n) is 9.46. The van der Waals surface area contributed by atoms with Crippen LogP contribution in [0.1, 0.15) is 20.1 Å². The van der Waals surface area contributed by atoms with E-state index in [-0.39, 0.29) is 35.5 Å². The summed E-state index contributed by atoms with van der Waals surface area (Å²) >= 11 is 5.94. The number of aliphatic hydroxyl groups is 2. The number of aliphatic hydroxyl groups excluding tert-OH is 2. The average Bonchev–Trinajstić information content (AvgIpc) is 3.23. The Hall–Kier alpha value is -1.90. The van der Waals surface area contributed by atoms with Crippen molar-refractivity contribution in [2.75, 3.05) is 19.8 Å². The van der Waals surface area contributed by atoms with Crippen LogP contribution >= 0.6 is 19.2 Å². The molecule has 0 radical (unpaired) electrons. The molecule has 0 bridgehead atoms. The fraction of sp³-hybridized carbons (Fsp3) is 0.625. The van der Waals surface area contributed by atoms with E-state index in [4.69, 9.17) is 25.8 Å². The first kappa shape index (κ1) is 24.7. The molecule has 0 aromatic carbocycles. The first-order chi connectivity index (χ1) is 15.1. The molecule has 4 N–H and O–H groups in total. The third-order valence-corrected chi connectivity index (χ3v) is 5.61. The Kier molecular flexibility index (Phi) is 7.68. The van der Waals surface area contributed by atoms with Crippen LogP contribution in [0.2, 0.25) is 5.28 Å². The highest BCUT2D eigenvalue weighted by atomic mass is 35.5. The standard InChI is InChI=1S/C16H22ClN4O10P/c1-3-28-12-8-11(19-16(17)20-12)21(6-18-8)13-10(23)9(22)7(31-13)5-30-15(32(25,26)27)14(24)29-4-2/h6-7,9-10,13,15,22-23H,3-5H2,1-2H3,(H2,25,26,27)/t7-,9+,10-,13-,15+/m1/s1. The van der Waals surface area contributed by atoms with E-state index in [9.17, 15) is 29.4 Å². The Morgan fingerprint density at radius 1 is 1.28 bits per heavy atom. The van der Waals surface area contributed by atoms with Crippen molar-refractivity contribution < 1.29 is 48.3 Å². The summed E-state index contributed by atoms with van der Waals surface area (Å²) < 4.78 is 33.5. The molecule has 1 aliphatic heterocycles. The molecule has 16 heteroatoms. The Morgan fingerprint density at radius 2 is 2.00 bits per heavy atom. The second-order valence-corrected chi connectivity index (χ2v) is 8.61. The summed E-state index contributed by atoms with van der Waals surface area (Å²) in [5.41, 5.74) is 0.399. The molecule has 1 aliphatic rings. The smallest absolute Gasteiger partial charge is 0.365 e. The zero-order valence-electron chi connectivity index (χ0n) is 16.9. The van der Waals surface area contributed by atoms with Gasteiger partial charge in [0.05, 0.1) is 26.1 Å². The van der Waals surface area contributed by atoms with Gasteiger partial charge in [0.25, 0.3) is 5.85 Å². The molecular weight excluding hydrogens is 475 g/mol. The van der Waals surface area contributed by atoms with E-state index >= 15 is 0 Å². The van der Waals surface area contributed by atoms with Gasteiger partial charge in [-0.2, -0.15) is 9.97 Å². The van der Waals surface area contributed by atoms with Gasteiger partial charge in [0.15, 0.2) is 17.4 Å². The van der Waals surface area contributed by atoms with Crippen molar-refractivity contribution in [1.82, 2.24) is 19.5 Å². The molecule has 3 rings (SSSR count). The molecule has 2 aromatic rings. The van der Waals surface area contributed by atoms with E-state index in [2.05, 4.69) is 19.7 Å². The van der Waals surface area contributed by atoms with Crippen LogP contribution in [0.25, 0.3) is 11.2 Å². The molecule has 0 aliphatic carbocycles. The number of aromatic nitrogens is 4. The third kappa shape index (κ3) is 5.02. The first-order valence-corrected chi connectivity index (χ1v) is 11.5. The minimum atomic E-state index is -5.02. The summed E-state index contributed by atoms with van der Waals surface area (Å²) in [6, 6.07) is 0. The molecule has 0 unspecified atom stereocenters. The molecule has 1 fully saturated rings. The van der Waals surface area contributed by atoms with E-state index in [1.165, 1.54) is 17.8 Å². The molecule has 0 spiro atoms. The number of carbonyl (C=O) groups is 1. The second kappa shape index (κ2) is 9.93. The molecule has 0 saturated carbocycles. The van der Waals surface area contributed by atoms with Crippen molar-refractivity contribution in [1.29, 1.82) is 0 Å². The Labute approximate surface area is 186 Å². The quantitative estimate of drug-likeness (QED) is 0.198. The van der Waals surface area contributed by atoms with E-state index in [1.807, 2.05) is 0 Å². The van der Waals surface area contributed by atoms with Crippen LogP contribution in [-0.2, 0) is 23.6 Å². The maximum Gasteiger partial charge on any atom is 0.365 e. The summed E-state index contributed by atoms with van der Waals surface area (Å²) in [6.07, 6.45) is -4.21. The Morgan fingerprint density at radius 3 is 2.62 bits per heavy atom. The summed E-state index contributed by atoms with van der Waals surface area (Å²) in [5.74, 6) is -3.35. The highest BCUT2D eigenvalue weighted by Crippen LogP contribution is 2.43. The van der Waals surface area contributed by atoms with Gasteiger partial charge < -0.3 is 38.9 Å². The van der Waals surface area contributed by atoms with E-state index < -0.39 is 50.6 Å². The maximum atomic E-state index is 11.8. The number of halogens is 1. The van der Waals surface area contributed by atoms with Crippen molar-refractivity contribution in [2.45, 2.75) is 44.2 Å². The van der Waals surface area contributed by atoms with Gasteiger partial charge in [0, 0.05) is 0 Å². The topological polar surface area (TPSA) is 196 Å². The summed E-state index contributed by atoms with van der Waals surface area (Å²) in [6.45, 7) is 2.74. The van der Waals surface area contributed by atoms with Crippen LogP contribution < -0.4 is 4.74 Å². The summed E-state index contributed by atoms with van der Waals surface area (Å²) in [4.78, 5) is 42.7. The minimum absolute atomic E-state index is 0.119. The number of hydrogen-bond acceptors (Lipinski definition) is 11. The monoisotopic (exact) mass is 496 g/mol. The van der Waals surface area contributed by atoms with Crippen LogP contribution in [0.15, 0.2) is 6.33 Å². The van der Waals surface area contributed by atoms with E-state index in [1.54, 1.807) is 6.92 Å². The zero-order chi connectivity index (χ0) is 23.6. The third-order valence-electron chi connectivity index (χ3n) is 4.47. The van der Waals surface area contributed by atoms with Gasteiger partial charge in [0.1, 0.15) is 18.3 Å². The van der Waals surface area contributed by atoms with Gasteiger partial charge >= 0.3 is 13.6 Å². The van der Waals surface area contributed by atoms with Crippen LogP contribution in [0, 0.1) is 0 Å². The van der Waals surface area contributed by atoms with Crippen molar-refractivity contribution in [3.8, 4) is 5.88 Å². The lowest BCUT2D eigenvalue weighted by atomic mass is 10.1. The number of fused-ring (bicyclic) bond motifs is 1. The van der Waals surface area contributed by atoms with E-state index in [0.29, 0.717) is 0 Å². The maximum absolute atomic E-state index is 11.8. The van der Waals surface area contributed by atoms with Crippen molar-refractivity contribution >= 4 is 36.3 Å². The van der Waals surface area contributed by atoms with Gasteiger partial charge in [-0.1, -0.05) is 0 Å². The van der Waals surface area contributed by atoms with Crippen LogP contribution in [0.5, 0.6) is 5.88 Å². The SMILES string of the molecule is CCOC(=O)[C@@H](OC[C@H]1O[C@@H](n2cnc3c(OCC)nc(Cl)nc32)[C@H](O)[C@H]1O)P(=O)(O)O. The fourth-order valence-electron chi connectivity index (χ4n) is 3.09. The average molecular weight is 497 g/mol. The predicted octanol–water partition coefficient (Wildman–Crippen LogP) is -0.419. The molecule has 178 valence electrons. The number of imidazole rings is 1. The molecule has 14 nitrogen and oxygen atoms in total. The number of esters is 1. The summed E-state index contributed by atoms with van der Waals surface area (Å²) in [7, 11) is -5.02.